The van der Waals surface area contributed by atoms with Gasteiger partial charge in [-0.1, -0.05) is 29.8 Å². The number of nitrogens with one attached hydrogen (secondary N) is 2. The Morgan fingerprint density at radius 3 is 2.96 bits per heavy atom. The third kappa shape index (κ3) is 2.61. The molecule has 118 valence electrons. The van der Waals surface area contributed by atoms with Crippen LogP contribution in [-0.2, 0) is 0 Å². The lowest BCUT2D eigenvalue weighted by Crippen LogP contribution is -1.99. The number of aromatic hydroxyl groups is 1. The molecule has 4 rings (SSSR count). The van der Waals surface area contributed by atoms with Crippen molar-refractivity contribution < 1.29 is 5.11 Å². The van der Waals surface area contributed by atoms with Crippen LogP contribution in [0.1, 0.15) is 5.56 Å². The number of benzene rings is 2. The van der Waals surface area contributed by atoms with Crippen LogP contribution in [0.4, 0.5) is 5.95 Å². The summed E-state index contributed by atoms with van der Waals surface area (Å²) in [5, 5.41) is 23.4. The quantitative estimate of drug-likeness (QED) is 0.393. The summed E-state index contributed by atoms with van der Waals surface area (Å²) in [7, 11) is 0. The fourth-order valence-electron chi connectivity index (χ4n) is 2.36. The van der Waals surface area contributed by atoms with Crippen molar-refractivity contribution in [1.29, 1.82) is 0 Å². The Morgan fingerprint density at radius 1 is 1.17 bits per heavy atom. The third-order valence-electron chi connectivity index (χ3n) is 3.48. The highest BCUT2D eigenvalue weighted by Crippen LogP contribution is 2.22. The Balaban J connectivity index is 1.61. The number of aromatic amines is 1. The maximum Gasteiger partial charge on any atom is 0.265 e. The number of nitrogens with zero attached hydrogens (tertiary/aromatic N) is 4. The lowest BCUT2D eigenvalue weighted by atomic mass is 10.2. The molecule has 8 heteroatoms. The van der Waals surface area contributed by atoms with Gasteiger partial charge in [-0.05, 0) is 24.3 Å². The molecule has 0 bridgehead atoms. The second kappa shape index (κ2) is 5.78. The molecule has 4 aromatic rings. The molecule has 7 nitrogen and oxygen atoms in total. The molecule has 0 unspecified atom stereocenters. The lowest BCUT2D eigenvalue weighted by Gasteiger charge is -2.00. The number of phenols is 1. The highest BCUT2D eigenvalue weighted by atomic mass is 35.5. The Kier molecular flexibility index (Phi) is 3.47. The predicted octanol–water partition coefficient (Wildman–Crippen LogP) is 3.31. The van der Waals surface area contributed by atoms with Crippen LogP contribution >= 0.6 is 11.6 Å². The van der Waals surface area contributed by atoms with Crippen molar-refractivity contribution >= 4 is 45.8 Å². The van der Waals surface area contributed by atoms with Crippen LogP contribution in [0.5, 0.6) is 5.75 Å². The molecule has 2 aromatic carbocycles. The third-order valence-corrected chi connectivity index (χ3v) is 3.71. The molecular formula is C16H11ClN6O. The number of fused-ring (bicyclic) bond motifs is 3. The second-order valence-electron chi connectivity index (χ2n) is 5.08. The smallest absolute Gasteiger partial charge is 0.265 e. The van der Waals surface area contributed by atoms with E-state index in [9.17, 15) is 5.11 Å². The highest BCUT2D eigenvalue weighted by Gasteiger charge is 2.08. The van der Waals surface area contributed by atoms with Gasteiger partial charge in [-0.3, -0.25) is 0 Å². The first-order chi connectivity index (χ1) is 11.7. The van der Waals surface area contributed by atoms with Gasteiger partial charge in [0.25, 0.3) is 5.95 Å². The Morgan fingerprint density at radius 2 is 2.04 bits per heavy atom. The van der Waals surface area contributed by atoms with Gasteiger partial charge < -0.3 is 10.1 Å². The van der Waals surface area contributed by atoms with E-state index >= 15 is 0 Å². The van der Waals surface area contributed by atoms with Crippen molar-refractivity contribution in [3.05, 3.63) is 53.1 Å². The van der Waals surface area contributed by atoms with E-state index in [2.05, 4.69) is 30.7 Å². The molecule has 2 heterocycles. The van der Waals surface area contributed by atoms with E-state index in [1.54, 1.807) is 12.1 Å². The largest absolute Gasteiger partial charge is 0.507 e. The molecule has 0 saturated heterocycles. The van der Waals surface area contributed by atoms with E-state index in [4.69, 9.17) is 11.6 Å². The number of hydrogen-bond donors (Lipinski definition) is 3. The van der Waals surface area contributed by atoms with Crippen LogP contribution in [0.15, 0.2) is 47.6 Å². The number of phenolic OH excluding ortho intramolecular Hbond substituents is 1. The summed E-state index contributed by atoms with van der Waals surface area (Å²) in [5.74, 6) is 0.321. The van der Waals surface area contributed by atoms with Crippen LogP contribution < -0.4 is 5.43 Å². The number of rotatable bonds is 3. The Labute approximate surface area is 141 Å². The van der Waals surface area contributed by atoms with Crippen LogP contribution in [0.25, 0.3) is 22.1 Å². The van der Waals surface area contributed by atoms with Crippen LogP contribution in [0.3, 0.4) is 0 Å². The van der Waals surface area contributed by atoms with E-state index in [0.717, 1.165) is 10.9 Å². The van der Waals surface area contributed by atoms with Gasteiger partial charge in [0.15, 0.2) is 5.65 Å². The second-order valence-corrected chi connectivity index (χ2v) is 5.51. The lowest BCUT2D eigenvalue weighted by molar-refractivity contribution is 0.474. The van der Waals surface area contributed by atoms with Crippen molar-refractivity contribution in [3.8, 4) is 5.75 Å². The van der Waals surface area contributed by atoms with Gasteiger partial charge in [-0.25, -0.2) is 5.43 Å². The van der Waals surface area contributed by atoms with Crippen LogP contribution in [-0.4, -0.2) is 31.5 Å². The number of aromatic nitrogens is 4. The minimum atomic E-state index is 0.0788. The van der Waals surface area contributed by atoms with Gasteiger partial charge in [0, 0.05) is 21.5 Å². The molecule has 0 fully saturated rings. The fourth-order valence-corrected chi connectivity index (χ4v) is 2.54. The van der Waals surface area contributed by atoms with Crippen LogP contribution in [0.2, 0.25) is 5.02 Å². The molecule has 2 aromatic heterocycles. The molecular weight excluding hydrogens is 328 g/mol. The molecule has 0 spiro atoms. The van der Waals surface area contributed by atoms with Gasteiger partial charge in [-0.15, -0.1) is 10.2 Å². The number of hydrazone groups is 1. The van der Waals surface area contributed by atoms with Crippen LogP contribution in [0, 0.1) is 0 Å². The van der Waals surface area contributed by atoms with Crippen molar-refractivity contribution in [2.45, 2.75) is 0 Å². The molecule has 0 aliphatic carbocycles. The monoisotopic (exact) mass is 338 g/mol. The molecule has 24 heavy (non-hydrogen) atoms. The highest BCUT2D eigenvalue weighted by molar-refractivity contribution is 6.30. The average molecular weight is 339 g/mol. The van der Waals surface area contributed by atoms with Gasteiger partial charge in [-0.2, -0.15) is 10.1 Å². The van der Waals surface area contributed by atoms with E-state index in [1.807, 2.05) is 24.3 Å². The zero-order chi connectivity index (χ0) is 16.5. The zero-order valence-corrected chi connectivity index (χ0v) is 13.0. The van der Waals surface area contributed by atoms with Gasteiger partial charge >= 0.3 is 0 Å². The summed E-state index contributed by atoms with van der Waals surface area (Å²) < 4.78 is 0. The summed E-state index contributed by atoms with van der Waals surface area (Å²) in [5.41, 5.74) is 5.43. The normalized spacial score (nSPS) is 11.5. The summed E-state index contributed by atoms with van der Waals surface area (Å²) in [6, 6.07) is 12.5. The van der Waals surface area contributed by atoms with Crippen molar-refractivity contribution in [1.82, 2.24) is 20.2 Å². The molecule has 0 aliphatic heterocycles. The first kappa shape index (κ1) is 14.4. The van der Waals surface area contributed by atoms with Crippen molar-refractivity contribution in [2.24, 2.45) is 5.10 Å². The summed E-state index contributed by atoms with van der Waals surface area (Å²) in [6.45, 7) is 0. The maximum atomic E-state index is 9.73. The standard InChI is InChI=1S/C16H11ClN6O/c17-10-5-6-13(24)9(7-10)8-18-22-16-20-15-14(21-23-16)11-3-1-2-4-12(11)19-15/h1-8,24H,(H2,19,20,22,23). The summed E-state index contributed by atoms with van der Waals surface area (Å²) in [6.07, 6.45) is 1.43. The van der Waals surface area contributed by atoms with Gasteiger partial charge in [0.1, 0.15) is 11.3 Å². The Hall–Kier alpha value is -3.19. The topological polar surface area (TPSA) is 99.1 Å². The van der Waals surface area contributed by atoms with E-state index in [0.29, 0.717) is 21.7 Å². The predicted molar refractivity (Wildman–Crippen MR) is 93.5 cm³/mol. The summed E-state index contributed by atoms with van der Waals surface area (Å²) in [4.78, 5) is 7.52. The van der Waals surface area contributed by atoms with Crippen molar-refractivity contribution in [2.75, 3.05) is 5.43 Å². The number of halogens is 1. The molecule has 0 amide bonds. The van der Waals surface area contributed by atoms with E-state index in [-0.39, 0.29) is 11.7 Å². The van der Waals surface area contributed by atoms with Crippen molar-refractivity contribution in [3.63, 3.8) is 0 Å². The zero-order valence-electron chi connectivity index (χ0n) is 12.2. The SMILES string of the molecule is Oc1ccc(Cl)cc1C=NNc1nnc2c(n1)[nH]c1ccccc12. The van der Waals surface area contributed by atoms with Gasteiger partial charge in [0.05, 0.1) is 6.21 Å². The minimum absolute atomic E-state index is 0.0788. The average Bonchev–Trinajstić information content (AvgIpc) is 2.96. The maximum absolute atomic E-state index is 9.73. The fraction of sp³-hybridized carbons (Fsp3) is 0. The number of hydrogen-bond acceptors (Lipinski definition) is 6. The molecule has 0 aliphatic rings. The Bertz CT molecular complexity index is 1070. The summed E-state index contributed by atoms with van der Waals surface area (Å²) >= 11 is 5.88. The molecule has 0 radical (unpaired) electrons. The number of H-pyrrole nitrogens is 1. The van der Waals surface area contributed by atoms with Gasteiger partial charge in [0.2, 0.25) is 0 Å². The first-order valence-corrected chi connectivity index (χ1v) is 7.47. The van der Waals surface area contributed by atoms with E-state index in [1.165, 1.54) is 12.3 Å². The number of para-hydroxylation sites is 1. The van der Waals surface area contributed by atoms with E-state index < -0.39 is 0 Å². The molecule has 0 saturated carbocycles. The number of anilines is 1. The molecule has 0 atom stereocenters. The first-order valence-electron chi connectivity index (χ1n) is 7.09. The minimum Gasteiger partial charge on any atom is -0.507 e. The molecule has 3 N–H and O–H groups in total.